The Balaban J connectivity index is 2.00. The number of nitrogens with zero attached hydrogens (tertiary/aromatic N) is 2. The molecule has 0 fully saturated rings. The number of hydrogen-bond donors (Lipinski definition) is 1. The largest absolute Gasteiger partial charge is 0.481 e. The molecular weight excluding hydrogens is 352 g/mol. The molecule has 2 aromatic rings. The van der Waals surface area contributed by atoms with Gasteiger partial charge in [0, 0.05) is 36.6 Å². The molecule has 0 spiro atoms. The van der Waals surface area contributed by atoms with Gasteiger partial charge in [0.25, 0.3) is 5.91 Å². The predicted octanol–water partition coefficient (Wildman–Crippen LogP) is 3.50. The zero-order chi connectivity index (χ0) is 20.1. The number of fused-ring (bicyclic) bond motifs is 1. The summed E-state index contributed by atoms with van der Waals surface area (Å²) in [7, 11) is 1.76. The van der Waals surface area contributed by atoms with Gasteiger partial charge in [0.1, 0.15) is 6.04 Å². The van der Waals surface area contributed by atoms with Crippen molar-refractivity contribution < 1.29 is 14.7 Å². The van der Waals surface area contributed by atoms with Crippen LogP contribution < -0.4 is 4.90 Å². The summed E-state index contributed by atoms with van der Waals surface area (Å²) in [5, 5.41) is 8.70. The van der Waals surface area contributed by atoms with Crippen LogP contribution in [-0.4, -0.2) is 35.8 Å². The Kier molecular flexibility index (Phi) is 5.90. The molecule has 2 aromatic carbocycles. The third kappa shape index (κ3) is 4.29. The summed E-state index contributed by atoms with van der Waals surface area (Å²) in [4.78, 5) is 29.5. The number of amides is 1. The van der Waals surface area contributed by atoms with Crippen molar-refractivity contribution in [2.24, 2.45) is 4.99 Å². The Morgan fingerprint density at radius 2 is 1.96 bits per heavy atom. The van der Waals surface area contributed by atoms with Crippen LogP contribution in [0.2, 0.25) is 0 Å². The second-order valence-electron chi connectivity index (χ2n) is 6.70. The number of carbonyl (C=O) groups excluding carboxylic acids is 1. The molecule has 0 saturated carbocycles. The van der Waals surface area contributed by atoms with E-state index in [0.717, 1.165) is 28.1 Å². The minimum Gasteiger partial charge on any atom is -0.481 e. The molecule has 142 valence electrons. The van der Waals surface area contributed by atoms with E-state index in [-0.39, 0.29) is 12.3 Å². The summed E-state index contributed by atoms with van der Waals surface area (Å²) in [6, 6.07) is 15.1. The molecule has 3 rings (SSSR count). The van der Waals surface area contributed by atoms with Crippen molar-refractivity contribution in [1.82, 2.24) is 0 Å². The first-order valence-corrected chi connectivity index (χ1v) is 9.23. The molecule has 1 aliphatic heterocycles. The molecule has 0 saturated heterocycles. The summed E-state index contributed by atoms with van der Waals surface area (Å²) < 4.78 is 0. The van der Waals surface area contributed by atoms with E-state index in [9.17, 15) is 9.59 Å². The fraction of sp³-hybridized carbons (Fsp3) is 0.261. The average Bonchev–Trinajstić information content (AvgIpc) is 2.79. The fourth-order valence-corrected chi connectivity index (χ4v) is 3.13. The van der Waals surface area contributed by atoms with Crippen molar-refractivity contribution in [2.75, 3.05) is 11.9 Å². The maximum Gasteiger partial charge on any atom is 0.303 e. The van der Waals surface area contributed by atoms with Gasteiger partial charge >= 0.3 is 5.97 Å². The molecule has 1 aliphatic rings. The summed E-state index contributed by atoms with van der Waals surface area (Å²) in [6.45, 7) is 1.80. The van der Waals surface area contributed by atoms with Crippen molar-refractivity contribution in [3.8, 4) is 11.8 Å². The van der Waals surface area contributed by atoms with Gasteiger partial charge in [0.2, 0.25) is 0 Å². The van der Waals surface area contributed by atoms with Gasteiger partial charge in [-0.05, 0) is 31.5 Å². The molecule has 1 amide bonds. The topological polar surface area (TPSA) is 70.0 Å². The van der Waals surface area contributed by atoms with Crippen molar-refractivity contribution in [3.63, 3.8) is 0 Å². The van der Waals surface area contributed by atoms with Crippen LogP contribution in [0.15, 0.2) is 53.5 Å². The number of aliphatic imine (C=N–C) groups is 1. The number of hydrogen-bond acceptors (Lipinski definition) is 3. The van der Waals surface area contributed by atoms with Crippen molar-refractivity contribution in [3.05, 3.63) is 65.2 Å². The Hall–Kier alpha value is -3.39. The highest BCUT2D eigenvalue weighted by Gasteiger charge is 2.27. The minimum atomic E-state index is -0.808. The first-order chi connectivity index (χ1) is 13.5. The second-order valence-corrected chi connectivity index (χ2v) is 6.70. The normalized spacial score (nSPS) is 15.8. The van der Waals surface area contributed by atoms with Crippen LogP contribution in [0.4, 0.5) is 5.69 Å². The smallest absolute Gasteiger partial charge is 0.303 e. The van der Waals surface area contributed by atoms with Gasteiger partial charge in [-0.2, -0.15) is 0 Å². The van der Waals surface area contributed by atoms with E-state index in [1.54, 1.807) is 18.9 Å². The van der Waals surface area contributed by atoms with Gasteiger partial charge in [0.15, 0.2) is 0 Å². The van der Waals surface area contributed by atoms with E-state index in [1.807, 2.05) is 48.5 Å². The van der Waals surface area contributed by atoms with Crippen molar-refractivity contribution >= 4 is 23.3 Å². The summed E-state index contributed by atoms with van der Waals surface area (Å²) in [5.74, 6) is 5.26. The third-order valence-electron chi connectivity index (χ3n) is 4.60. The number of unbranched alkanes of at least 4 members (excludes halogenated alkanes) is 1. The maximum atomic E-state index is 12.6. The Morgan fingerprint density at radius 3 is 2.68 bits per heavy atom. The van der Waals surface area contributed by atoms with E-state index >= 15 is 0 Å². The van der Waals surface area contributed by atoms with Gasteiger partial charge in [-0.15, -0.1) is 0 Å². The lowest BCUT2D eigenvalue weighted by atomic mass is 9.98. The molecule has 0 aromatic heterocycles. The molecule has 0 unspecified atom stereocenters. The molecule has 5 nitrogen and oxygen atoms in total. The van der Waals surface area contributed by atoms with Crippen molar-refractivity contribution in [1.29, 1.82) is 0 Å². The molecular formula is C23H22N2O3. The highest BCUT2D eigenvalue weighted by atomic mass is 16.4. The molecule has 28 heavy (non-hydrogen) atoms. The maximum absolute atomic E-state index is 12.6. The number of rotatable bonds is 4. The van der Waals surface area contributed by atoms with Crippen LogP contribution >= 0.6 is 0 Å². The van der Waals surface area contributed by atoms with Gasteiger partial charge in [-0.1, -0.05) is 42.2 Å². The number of carbonyl (C=O) groups is 2. The molecule has 1 N–H and O–H groups in total. The lowest BCUT2D eigenvalue weighted by Gasteiger charge is -2.19. The first-order valence-electron chi connectivity index (χ1n) is 9.23. The van der Waals surface area contributed by atoms with E-state index in [2.05, 4.69) is 11.8 Å². The van der Waals surface area contributed by atoms with Crippen LogP contribution in [0.3, 0.4) is 0 Å². The lowest BCUT2D eigenvalue weighted by molar-refractivity contribution is -0.137. The van der Waals surface area contributed by atoms with Gasteiger partial charge < -0.3 is 10.0 Å². The number of benzodiazepines with no additional fused rings is 1. The van der Waals surface area contributed by atoms with E-state index in [1.165, 1.54) is 0 Å². The number of likely N-dealkylation sites (N-methyl/N-ethyl adjacent to an activating group) is 1. The van der Waals surface area contributed by atoms with Crippen LogP contribution in [0.1, 0.15) is 42.9 Å². The standard InChI is InChI=1S/C23H22N2O3/c1-16-23(28)25(2)20-14-13-17(9-5-3-8-12-21(26)27)15-19(20)22(24-16)18-10-6-4-7-11-18/h4,6-7,10-11,13-16H,3,8,12H2,1-2H3,(H,26,27)/t16-/m1/s1. The highest BCUT2D eigenvalue weighted by Crippen LogP contribution is 2.28. The molecule has 1 atom stereocenters. The second kappa shape index (κ2) is 8.53. The third-order valence-corrected chi connectivity index (χ3v) is 4.60. The molecule has 0 bridgehead atoms. The van der Waals surface area contributed by atoms with Crippen molar-refractivity contribution in [2.45, 2.75) is 32.2 Å². The van der Waals surface area contributed by atoms with E-state index in [0.29, 0.717) is 12.8 Å². The fourth-order valence-electron chi connectivity index (χ4n) is 3.13. The van der Waals surface area contributed by atoms with Crippen LogP contribution in [0.25, 0.3) is 0 Å². The Bertz CT molecular complexity index is 984. The zero-order valence-corrected chi connectivity index (χ0v) is 16.0. The predicted molar refractivity (Wildman–Crippen MR) is 110 cm³/mol. The summed E-state index contributed by atoms with van der Waals surface area (Å²) in [5.41, 5.74) is 4.20. The van der Waals surface area contributed by atoms with Crippen LogP contribution in [-0.2, 0) is 9.59 Å². The number of aliphatic carboxylic acids is 1. The summed E-state index contributed by atoms with van der Waals surface area (Å²) in [6.07, 6.45) is 1.17. The monoisotopic (exact) mass is 374 g/mol. The first kappa shape index (κ1) is 19.4. The number of benzene rings is 2. The number of carboxylic acids is 1. The molecule has 1 heterocycles. The van der Waals surface area contributed by atoms with Gasteiger partial charge in [-0.25, -0.2) is 0 Å². The summed E-state index contributed by atoms with van der Waals surface area (Å²) >= 11 is 0. The molecule has 0 aliphatic carbocycles. The van der Waals surface area contributed by atoms with Crippen LogP contribution in [0.5, 0.6) is 0 Å². The minimum absolute atomic E-state index is 0.0558. The average molecular weight is 374 g/mol. The van der Waals surface area contributed by atoms with E-state index in [4.69, 9.17) is 10.1 Å². The SMILES string of the molecule is C[C@H]1N=C(c2ccccc2)c2cc(C#CCCCC(=O)O)ccc2N(C)C1=O. The van der Waals surface area contributed by atoms with Gasteiger partial charge in [-0.3, -0.25) is 14.6 Å². The highest BCUT2D eigenvalue weighted by molar-refractivity contribution is 6.20. The Morgan fingerprint density at radius 1 is 1.21 bits per heavy atom. The zero-order valence-electron chi connectivity index (χ0n) is 16.0. The Labute approximate surface area is 164 Å². The van der Waals surface area contributed by atoms with Crippen LogP contribution in [0, 0.1) is 11.8 Å². The molecule has 0 radical (unpaired) electrons. The number of carboxylic acid groups (broad SMARTS) is 1. The van der Waals surface area contributed by atoms with E-state index < -0.39 is 12.0 Å². The quantitative estimate of drug-likeness (QED) is 0.658. The molecule has 5 heteroatoms. The lowest BCUT2D eigenvalue weighted by Crippen LogP contribution is -2.32. The van der Waals surface area contributed by atoms with Gasteiger partial charge in [0.05, 0.1) is 11.4 Å². The number of anilines is 1.